The second-order valence-corrected chi connectivity index (χ2v) is 7.20. The lowest BCUT2D eigenvalue weighted by molar-refractivity contribution is -0.137. The van der Waals surface area contributed by atoms with Crippen LogP contribution < -0.4 is 4.90 Å². The van der Waals surface area contributed by atoms with Crippen molar-refractivity contribution in [1.82, 2.24) is 24.3 Å². The maximum absolute atomic E-state index is 12.8. The Morgan fingerprint density at radius 2 is 1.67 bits per heavy atom. The molecule has 0 radical (unpaired) electrons. The quantitative estimate of drug-likeness (QED) is 0.441. The van der Waals surface area contributed by atoms with E-state index in [1.54, 1.807) is 4.40 Å². The highest BCUT2D eigenvalue weighted by molar-refractivity contribution is 9.10. The number of carbonyl (C=O) groups is 1. The van der Waals surface area contributed by atoms with Crippen molar-refractivity contribution in [3.63, 3.8) is 0 Å². The maximum atomic E-state index is 12.8. The summed E-state index contributed by atoms with van der Waals surface area (Å²) in [6, 6.07) is 4.72. The third-order valence-electron chi connectivity index (χ3n) is 4.33. The molecule has 0 aliphatic rings. The molecular weight excluding hydrogens is 465 g/mol. The largest absolute Gasteiger partial charge is 0.416 e. The minimum absolute atomic E-state index is 0.0997. The summed E-state index contributed by atoms with van der Waals surface area (Å²) in [4.78, 5) is 30.6. The van der Waals surface area contributed by atoms with Gasteiger partial charge in [0, 0.05) is 31.2 Å². The van der Waals surface area contributed by atoms with E-state index >= 15 is 0 Å². The first-order valence-electron chi connectivity index (χ1n) is 8.50. The van der Waals surface area contributed by atoms with E-state index < -0.39 is 17.6 Å². The first-order valence-corrected chi connectivity index (χ1v) is 9.29. The lowest BCUT2D eigenvalue weighted by atomic mass is 10.1. The number of benzene rings is 1. The predicted molar refractivity (Wildman–Crippen MR) is 106 cm³/mol. The van der Waals surface area contributed by atoms with Crippen LogP contribution in [-0.4, -0.2) is 37.3 Å². The number of carbonyl (C=O) groups excluding carboxylic acids is 1. The van der Waals surface area contributed by atoms with Gasteiger partial charge < -0.3 is 0 Å². The number of nitrogens with zero attached hydrogens (tertiary/aromatic N) is 6. The van der Waals surface area contributed by atoms with Crippen molar-refractivity contribution in [3.05, 3.63) is 71.0 Å². The Kier molecular flexibility index (Phi) is 4.98. The zero-order chi connectivity index (χ0) is 21.5. The van der Waals surface area contributed by atoms with Crippen LogP contribution in [0, 0.1) is 0 Å². The predicted octanol–water partition coefficient (Wildman–Crippen LogP) is 4.24. The number of hydrogen-bond acceptors (Lipinski definition) is 5. The van der Waals surface area contributed by atoms with Gasteiger partial charge in [0.25, 0.3) is 5.91 Å². The van der Waals surface area contributed by atoms with E-state index in [-0.39, 0.29) is 11.6 Å². The van der Waals surface area contributed by atoms with Crippen LogP contribution in [0.3, 0.4) is 0 Å². The van der Waals surface area contributed by atoms with E-state index in [2.05, 4.69) is 35.9 Å². The Labute approximate surface area is 176 Å². The minimum atomic E-state index is -4.42. The third-order valence-corrected chi connectivity index (χ3v) is 4.74. The summed E-state index contributed by atoms with van der Waals surface area (Å²) < 4.78 is 40.7. The Morgan fingerprint density at radius 3 is 2.30 bits per heavy atom. The average molecular weight is 477 g/mol. The molecule has 0 atom stereocenters. The normalized spacial score (nSPS) is 11.6. The van der Waals surface area contributed by atoms with Crippen molar-refractivity contribution >= 4 is 33.4 Å². The molecular formula is C19H12BrF3N6O. The van der Waals surface area contributed by atoms with Crippen molar-refractivity contribution in [3.8, 4) is 11.3 Å². The van der Waals surface area contributed by atoms with Gasteiger partial charge in [-0.1, -0.05) is 12.1 Å². The SMILES string of the molecule is CN(C(=O)c1cn2c(-c3ccc(C(F)(F)F)cc3)cnc2cn1)c1ncc(Br)cn1. The molecule has 3 heterocycles. The molecule has 0 N–H and O–H groups in total. The van der Waals surface area contributed by atoms with Gasteiger partial charge in [-0.15, -0.1) is 0 Å². The topological polar surface area (TPSA) is 76.3 Å². The fourth-order valence-corrected chi connectivity index (χ4v) is 2.99. The molecule has 0 saturated heterocycles. The highest BCUT2D eigenvalue weighted by Crippen LogP contribution is 2.31. The Morgan fingerprint density at radius 1 is 1.00 bits per heavy atom. The molecule has 0 fully saturated rings. The van der Waals surface area contributed by atoms with Crippen LogP contribution in [-0.2, 0) is 6.18 Å². The van der Waals surface area contributed by atoms with E-state index in [0.29, 0.717) is 21.4 Å². The summed E-state index contributed by atoms with van der Waals surface area (Å²) in [5.41, 5.74) is 0.850. The Hall–Kier alpha value is -3.34. The summed E-state index contributed by atoms with van der Waals surface area (Å²) in [5.74, 6) is -0.259. The van der Waals surface area contributed by atoms with E-state index in [0.717, 1.165) is 12.1 Å². The molecule has 7 nitrogen and oxygen atoms in total. The molecule has 30 heavy (non-hydrogen) atoms. The molecule has 1 amide bonds. The average Bonchev–Trinajstić information content (AvgIpc) is 3.16. The molecule has 0 bridgehead atoms. The van der Waals surface area contributed by atoms with E-state index in [9.17, 15) is 18.0 Å². The van der Waals surface area contributed by atoms with Crippen LogP contribution in [0.1, 0.15) is 16.1 Å². The van der Waals surface area contributed by atoms with Crippen LogP contribution in [0.4, 0.5) is 19.1 Å². The van der Waals surface area contributed by atoms with Crippen LogP contribution in [0.5, 0.6) is 0 Å². The van der Waals surface area contributed by atoms with Crippen molar-refractivity contribution < 1.29 is 18.0 Å². The maximum Gasteiger partial charge on any atom is 0.416 e. The molecule has 4 rings (SSSR count). The number of hydrogen-bond donors (Lipinski definition) is 0. The summed E-state index contributed by atoms with van der Waals surface area (Å²) in [5, 5.41) is 0. The van der Waals surface area contributed by atoms with E-state index in [4.69, 9.17) is 0 Å². The van der Waals surface area contributed by atoms with Gasteiger partial charge in [0.05, 0.1) is 28.1 Å². The zero-order valence-electron chi connectivity index (χ0n) is 15.3. The Bertz CT molecular complexity index is 1220. The summed E-state index contributed by atoms with van der Waals surface area (Å²) >= 11 is 3.23. The van der Waals surface area contributed by atoms with Gasteiger partial charge in [-0.3, -0.25) is 14.1 Å². The fraction of sp³-hybridized carbons (Fsp3) is 0.105. The number of anilines is 1. The number of halogens is 4. The molecule has 0 spiro atoms. The lowest BCUT2D eigenvalue weighted by Crippen LogP contribution is -2.29. The molecule has 4 aromatic rings. The van der Waals surface area contributed by atoms with Gasteiger partial charge in [0.1, 0.15) is 5.69 Å². The number of imidazole rings is 1. The second kappa shape index (κ2) is 7.48. The molecule has 0 saturated carbocycles. The van der Waals surface area contributed by atoms with E-state index in [1.165, 1.54) is 55.1 Å². The molecule has 152 valence electrons. The van der Waals surface area contributed by atoms with Crippen molar-refractivity contribution in [2.75, 3.05) is 11.9 Å². The van der Waals surface area contributed by atoms with E-state index in [1.807, 2.05) is 0 Å². The first-order chi connectivity index (χ1) is 14.2. The molecule has 0 aliphatic heterocycles. The molecule has 0 aliphatic carbocycles. The van der Waals surface area contributed by atoms with Gasteiger partial charge in [-0.25, -0.2) is 19.9 Å². The van der Waals surface area contributed by atoms with Crippen LogP contribution in [0.15, 0.2) is 59.7 Å². The molecule has 1 aromatic carbocycles. The monoisotopic (exact) mass is 476 g/mol. The van der Waals surface area contributed by atoms with Gasteiger partial charge in [0.15, 0.2) is 5.65 Å². The highest BCUT2D eigenvalue weighted by Gasteiger charge is 2.30. The Balaban J connectivity index is 1.69. The van der Waals surface area contributed by atoms with Gasteiger partial charge in [-0.2, -0.15) is 13.2 Å². The lowest BCUT2D eigenvalue weighted by Gasteiger charge is -2.14. The summed E-state index contributed by atoms with van der Waals surface area (Å²) in [7, 11) is 1.52. The third kappa shape index (κ3) is 3.75. The molecule has 3 aromatic heterocycles. The smallest absolute Gasteiger partial charge is 0.296 e. The number of rotatable bonds is 3. The first kappa shape index (κ1) is 20.0. The van der Waals surface area contributed by atoms with Crippen molar-refractivity contribution in [1.29, 1.82) is 0 Å². The number of amides is 1. The van der Waals surface area contributed by atoms with Gasteiger partial charge in [-0.05, 0) is 28.1 Å². The zero-order valence-corrected chi connectivity index (χ0v) is 16.9. The molecule has 0 unspecified atom stereocenters. The summed E-state index contributed by atoms with van der Waals surface area (Å²) in [6.45, 7) is 0. The van der Waals surface area contributed by atoms with Crippen LogP contribution >= 0.6 is 15.9 Å². The standard InChI is InChI=1S/C19H12BrF3N6O/c1-28(18-26-6-13(20)7-27-18)17(30)14-10-29-15(8-25-16(29)9-24-14)11-2-4-12(5-3-11)19(21,22)23/h2-10H,1H3. The number of fused-ring (bicyclic) bond motifs is 1. The highest BCUT2D eigenvalue weighted by atomic mass is 79.9. The van der Waals surface area contributed by atoms with Crippen molar-refractivity contribution in [2.45, 2.75) is 6.18 Å². The van der Waals surface area contributed by atoms with Gasteiger partial charge >= 0.3 is 6.18 Å². The minimum Gasteiger partial charge on any atom is -0.296 e. The van der Waals surface area contributed by atoms with Crippen LogP contribution in [0.2, 0.25) is 0 Å². The number of aromatic nitrogens is 5. The second-order valence-electron chi connectivity index (χ2n) is 6.28. The fourth-order valence-electron chi connectivity index (χ4n) is 2.78. The number of alkyl halides is 3. The van der Waals surface area contributed by atoms with Crippen LogP contribution in [0.25, 0.3) is 16.9 Å². The molecule has 11 heteroatoms. The van der Waals surface area contributed by atoms with Gasteiger partial charge in [0.2, 0.25) is 5.95 Å². The summed E-state index contributed by atoms with van der Waals surface area (Å²) in [6.07, 6.45) is 3.02. The van der Waals surface area contributed by atoms with Crippen molar-refractivity contribution in [2.24, 2.45) is 0 Å².